The normalized spacial score (nSPS) is 10.9. The molecule has 0 unspecified atom stereocenters. The number of carboxylic acid groups (broad SMARTS) is 3. The van der Waals surface area contributed by atoms with Gasteiger partial charge in [0.2, 0.25) is 0 Å². The zero-order chi connectivity index (χ0) is 91.2. The number of rotatable bonds is 17. The fraction of sp³-hybridized carbons (Fsp3) is 0.357. The molecule has 9 aromatic carbocycles. The molecule has 0 bridgehead atoms. The van der Waals surface area contributed by atoms with E-state index in [-0.39, 0.29) is 145 Å². The van der Waals surface area contributed by atoms with Gasteiger partial charge in [0.1, 0.15) is 0 Å². The standard InChI is InChI=1S/C26H25NO3.C23H22ClNO.C14H13NO.C12H27P.C9H10BrCl.C5H12.C3H4O2.2C2H4O2.CH3F.CH2O3.2K.Pd.H/c1-4-26(28)29-15-5-6-20-9-11-21(12-10-20)27-22-13-7-18(2)16-24(22)30-25-17-19(3)8-14-23(25)27;1-16-5-11-20-22(14-16)26-23-15-17(2)6-12-21(23)25(20)19-9-7-18(8-10-19)4-3-13-24;1-9-3-5-11-13(7-9)16-14-8-10(2)4-6-12(14)15-11;1-10(2,3)13(11(4,5)6)12(7,8)9;10-9-5-3-8(4-6-9)2-1-7-11;1-3-5-4-2;1-2-3(4)5;2*1-2(3)4;1-2;2-1-4-3;;;;/h4,7-14,16-17H,1,5-6,15H2,2-3H3;5-12,14-15H,3-4,13H2,1-2H3;3-8,15H,1-2H3;1-9H3;3-6H,1-2,7H2;3-5H2,1-2H3;2H,1H2,(H,4,5);2*1H3,(H,3,4);1H3;1,3H;;;;/q;;;;;;;;;;;2*+1;;-1/p-1/i;;;;;;;;;1D;;;;;. The second kappa shape index (κ2) is 63.0. The maximum Gasteiger partial charge on any atom is 1.00 e. The van der Waals surface area contributed by atoms with Crippen molar-refractivity contribution in [2.45, 2.75) is 205 Å². The maximum absolute atomic E-state index is 11.1. The van der Waals surface area contributed by atoms with Crippen LogP contribution in [0, 0.1) is 41.5 Å². The Bertz CT molecular complexity index is 4490. The number of aryl methyl sites for hydroxylation is 9. The van der Waals surface area contributed by atoms with Crippen LogP contribution >= 0.6 is 47.1 Å². The van der Waals surface area contributed by atoms with Crippen molar-refractivity contribution in [1.29, 1.82) is 0 Å². The minimum atomic E-state index is -1.00. The SMILES string of the molecule is C=CC(=O)O.C=CC(=O)OCCCc1ccc(N2c3ccc(C)cc3Oc3cc(C)ccc32)cc1.CC(=O)O.CC(=O)O.CC(C)(C)P(C(C)(C)C)C(C)(C)C.CCCCC.Cc1ccc2c(c1)Oc1cc(C)ccc1N2.Cc1ccc2c(c1)Oc1cc(C)ccc1N2c1ccc(CCCCl)cc1.ClCCCc1ccc(Br)cc1.O=CO[O-].[2H]CF.[H-].[K+].[K+].[Pd]. The quantitative estimate of drug-likeness (QED) is 0.00763. The van der Waals surface area contributed by atoms with Crippen LogP contribution in [0.1, 0.15) is 181 Å². The number of nitrogens with zero attached hydrogens (tertiary/aromatic N) is 2. The molecule has 662 valence electrons. The molecule has 0 saturated carbocycles. The van der Waals surface area contributed by atoms with E-state index < -0.39 is 25.1 Å². The average molecular weight is 1960 g/mol. The summed E-state index contributed by atoms with van der Waals surface area (Å²) < 4.78 is 40.0. The van der Waals surface area contributed by atoms with Crippen LogP contribution in [0.5, 0.6) is 34.5 Å². The molecule has 3 aliphatic rings. The van der Waals surface area contributed by atoms with E-state index >= 15 is 0 Å². The van der Waals surface area contributed by atoms with Gasteiger partial charge in [-0.25, -0.2) is 9.59 Å². The molecule has 3 aliphatic heterocycles. The number of nitrogens with one attached hydrogen (secondary N) is 1. The second-order valence-corrected chi connectivity index (χ2v) is 37.3. The summed E-state index contributed by atoms with van der Waals surface area (Å²) >= 11 is 14.8. The number of carbonyl (C=O) groups excluding carboxylic acids is 2. The third-order valence-corrected chi connectivity index (χ3v) is 22.2. The predicted octanol–water partition coefficient (Wildman–Crippen LogP) is 22.0. The van der Waals surface area contributed by atoms with Crippen molar-refractivity contribution < 1.29 is 199 Å². The molecule has 0 spiro atoms. The van der Waals surface area contributed by atoms with Gasteiger partial charge in [-0.3, -0.25) is 18.8 Å². The van der Waals surface area contributed by atoms with Gasteiger partial charge in [0.05, 0.1) is 49.3 Å². The number of carboxylic acids is 3. The van der Waals surface area contributed by atoms with Crippen molar-refractivity contribution in [2.75, 3.05) is 40.6 Å². The number of ether oxygens (including phenoxy) is 4. The second-order valence-electron chi connectivity index (χ2n) is 31.0. The number of hydrogen-bond acceptors (Lipinski definition) is 14. The van der Waals surface area contributed by atoms with Gasteiger partial charge >= 0.3 is 115 Å². The summed E-state index contributed by atoms with van der Waals surface area (Å²) in [7, 11) is -0.984. The van der Waals surface area contributed by atoms with Crippen LogP contribution in [-0.2, 0) is 73.3 Å². The zero-order valence-electron chi connectivity index (χ0n) is 77.7. The Hall–Kier alpha value is -6.07. The van der Waals surface area contributed by atoms with E-state index in [1.54, 1.807) is 0 Å². The van der Waals surface area contributed by atoms with Crippen molar-refractivity contribution in [3.8, 4) is 34.5 Å². The molecule has 123 heavy (non-hydrogen) atoms. The summed E-state index contributed by atoms with van der Waals surface area (Å²) in [5.74, 6) is 3.74. The summed E-state index contributed by atoms with van der Waals surface area (Å²) in [5, 5.41) is 35.6. The number of fused-ring (bicyclic) bond motifs is 6. The van der Waals surface area contributed by atoms with Crippen LogP contribution in [-0.4, -0.2) is 86.7 Å². The summed E-state index contributed by atoms with van der Waals surface area (Å²) in [5.41, 5.74) is 19.5. The molecule has 0 radical (unpaired) electrons. The van der Waals surface area contributed by atoms with Crippen LogP contribution < -0.4 is 137 Å². The molecule has 0 fully saturated rings. The Morgan fingerprint density at radius 2 is 0.772 bits per heavy atom. The number of halogens is 4. The summed E-state index contributed by atoms with van der Waals surface area (Å²) in [6, 6.07) is 63.3. The molecular formula is C98H126BrCl2FK2N3O14PPd. The molecule has 0 aromatic heterocycles. The smallest absolute Gasteiger partial charge is 1.00 e. The minimum absolute atomic E-state index is 0. The summed E-state index contributed by atoms with van der Waals surface area (Å²) in [6.07, 6.45) is 11.9. The number of anilines is 8. The minimum Gasteiger partial charge on any atom is -1.00 e. The van der Waals surface area contributed by atoms with Crippen molar-refractivity contribution in [1.82, 2.24) is 0 Å². The summed E-state index contributed by atoms with van der Waals surface area (Å²) in [6.45, 7) is 47.1. The molecule has 9 aromatic rings. The maximum atomic E-state index is 11.1. The number of benzene rings is 9. The van der Waals surface area contributed by atoms with Crippen molar-refractivity contribution in [3.05, 3.63) is 262 Å². The largest absolute Gasteiger partial charge is 1.00 e. The Kier molecular flexibility index (Phi) is 59.9. The van der Waals surface area contributed by atoms with Gasteiger partial charge in [-0.15, -0.1) is 23.2 Å². The van der Waals surface area contributed by atoms with Gasteiger partial charge in [-0.1, -0.05) is 205 Å². The van der Waals surface area contributed by atoms with E-state index in [0.717, 1.165) is 160 Å². The Labute approximate surface area is 853 Å². The van der Waals surface area contributed by atoms with Crippen molar-refractivity contribution in [2.24, 2.45) is 0 Å². The molecule has 25 heteroatoms. The monoisotopic (exact) mass is 1950 g/mol. The van der Waals surface area contributed by atoms with Crippen LogP contribution in [0.3, 0.4) is 0 Å². The van der Waals surface area contributed by atoms with E-state index in [0.29, 0.717) is 28.0 Å². The number of unbranched alkanes of at least 4 members (excludes halogenated alkanes) is 2. The number of esters is 1. The third-order valence-electron chi connectivity index (χ3n) is 17.1. The fourth-order valence-electron chi connectivity index (χ4n) is 13.2. The number of alkyl halides is 3. The third kappa shape index (κ3) is 45.5. The molecule has 3 heterocycles. The molecule has 0 saturated heterocycles. The van der Waals surface area contributed by atoms with Crippen molar-refractivity contribution >= 4 is 123 Å². The predicted molar refractivity (Wildman–Crippen MR) is 500 cm³/mol. The van der Waals surface area contributed by atoms with E-state index in [1.165, 1.54) is 64.3 Å². The first-order chi connectivity index (χ1) is 57.1. The Morgan fingerprint density at radius 1 is 0.512 bits per heavy atom. The van der Waals surface area contributed by atoms with E-state index in [4.69, 9.17) is 78.5 Å². The molecular weight excluding hydrogens is 1830 g/mol. The molecule has 0 atom stereocenters. The van der Waals surface area contributed by atoms with Gasteiger partial charge in [0.25, 0.3) is 18.4 Å². The van der Waals surface area contributed by atoms with E-state index in [1.807, 2.05) is 24.3 Å². The topological polar surface area (TPSA) is 234 Å². The van der Waals surface area contributed by atoms with Gasteiger partial charge in [0.15, 0.2) is 34.5 Å². The Balaban J connectivity index is -0.00000142. The van der Waals surface area contributed by atoms with Gasteiger partial charge < -0.3 is 61.0 Å². The first-order valence-electron chi connectivity index (χ1n) is 40.3. The van der Waals surface area contributed by atoms with E-state index in [9.17, 15) is 14.0 Å². The van der Waals surface area contributed by atoms with Crippen LogP contribution in [0.2, 0.25) is 0 Å². The Morgan fingerprint density at radius 3 is 1.01 bits per heavy atom. The first-order valence-corrected chi connectivity index (χ1v) is 42.8. The molecule has 4 N–H and O–H groups in total. The van der Waals surface area contributed by atoms with E-state index in [2.05, 4.69) is 325 Å². The van der Waals surface area contributed by atoms with Gasteiger partial charge in [0, 0.05) is 74.0 Å². The summed E-state index contributed by atoms with van der Waals surface area (Å²) in [4.78, 5) is 54.1. The fourth-order valence-corrected chi connectivity index (χ4v) is 19.8. The van der Waals surface area contributed by atoms with Gasteiger partial charge in [-0.05, 0) is 255 Å². The molecule has 0 aliphatic carbocycles. The van der Waals surface area contributed by atoms with Crippen LogP contribution in [0.15, 0.2) is 212 Å². The molecule has 0 amide bonds. The average Bonchev–Trinajstić information content (AvgIpc) is 0.759. The number of aliphatic carboxylic acids is 3. The number of hydrogen-bond donors (Lipinski definition) is 4. The number of carbonyl (C=O) groups is 5. The van der Waals surface area contributed by atoms with Crippen molar-refractivity contribution in [3.63, 3.8) is 0 Å². The van der Waals surface area contributed by atoms with Gasteiger partial charge in [-0.2, -0.15) is 0 Å². The first kappa shape index (κ1) is 117. The zero-order valence-corrected chi connectivity index (χ0v) is 87.5. The molecule has 12 rings (SSSR count). The molecule has 17 nitrogen and oxygen atoms in total. The van der Waals surface area contributed by atoms with Crippen LogP contribution in [0.4, 0.5) is 49.9 Å². The van der Waals surface area contributed by atoms with Crippen LogP contribution in [0.25, 0.3) is 0 Å².